The number of carbonyl (C=O) groups excluding carboxylic acids is 3. The molecule has 3 rings (SSSR count). The standard InChI is InChI=1S/C22H18N2O4/c1-2-28-22(27)16-12-10-15(11-13-16)20(25)17-7-3-4-8-18(17)24-21(26)19-9-5-6-14-23-19/h3-14H,2H2,1H3,(H,24,26). The van der Waals surface area contributed by atoms with Crippen LogP contribution in [0.1, 0.15) is 43.7 Å². The number of aromatic nitrogens is 1. The molecule has 0 saturated carbocycles. The third-order valence-corrected chi connectivity index (χ3v) is 3.98. The Morgan fingerprint density at radius 3 is 2.25 bits per heavy atom. The number of esters is 1. The highest BCUT2D eigenvalue weighted by Crippen LogP contribution is 2.20. The van der Waals surface area contributed by atoms with Crippen LogP contribution in [0.25, 0.3) is 0 Å². The molecule has 6 heteroatoms. The Kier molecular flexibility index (Phi) is 5.91. The molecule has 0 spiro atoms. The molecule has 1 aromatic heterocycles. The van der Waals surface area contributed by atoms with E-state index in [9.17, 15) is 14.4 Å². The van der Waals surface area contributed by atoms with Crippen LogP contribution in [0.3, 0.4) is 0 Å². The average Bonchev–Trinajstić information content (AvgIpc) is 2.74. The molecule has 2 aromatic carbocycles. The maximum absolute atomic E-state index is 12.9. The van der Waals surface area contributed by atoms with Gasteiger partial charge in [-0.1, -0.05) is 30.3 Å². The van der Waals surface area contributed by atoms with Crippen molar-refractivity contribution in [2.45, 2.75) is 6.92 Å². The Morgan fingerprint density at radius 2 is 1.57 bits per heavy atom. The van der Waals surface area contributed by atoms with Crippen LogP contribution in [0.4, 0.5) is 5.69 Å². The van der Waals surface area contributed by atoms with Crippen LogP contribution in [0, 0.1) is 0 Å². The van der Waals surface area contributed by atoms with Crippen molar-refractivity contribution < 1.29 is 19.1 Å². The maximum atomic E-state index is 12.9. The van der Waals surface area contributed by atoms with E-state index in [-0.39, 0.29) is 18.1 Å². The van der Waals surface area contributed by atoms with Crippen molar-refractivity contribution in [3.63, 3.8) is 0 Å². The van der Waals surface area contributed by atoms with Gasteiger partial charge >= 0.3 is 5.97 Å². The molecule has 140 valence electrons. The molecule has 28 heavy (non-hydrogen) atoms. The molecule has 0 aliphatic heterocycles. The predicted molar refractivity (Wildman–Crippen MR) is 104 cm³/mol. The molecule has 0 fully saturated rings. The van der Waals surface area contributed by atoms with E-state index in [0.717, 1.165) is 0 Å². The molecular weight excluding hydrogens is 356 g/mol. The monoisotopic (exact) mass is 374 g/mol. The summed E-state index contributed by atoms with van der Waals surface area (Å²) in [4.78, 5) is 41.0. The summed E-state index contributed by atoms with van der Waals surface area (Å²) in [7, 11) is 0. The van der Waals surface area contributed by atoms with Gasteiger partial charge in [-0.3, -0.25) is 14.6 Å². The van der Waals surface area contributed by atoms with E-state index >= 15 is 0 Å². The van der Waals surface area contributed by atoms with Crippen molar-refractivity contribution in [2.24, 2.45) is 0 Å². The Hall–Kier alpha value is -3.80. The van der Waals surface area contributed by atoms with Crippen LogP contribution in [0.15, 0.2) is 72.9 Å². The van der Waals surface area contributed by atoms with Crippen LogP contribution in [0.2, 0.25) is 0 Å². The molecule has 0 saturated heterocycles. The van der Waals surface area contributed by atoms with E-state index in [2.05, 4.69) is 10.3 Å². The van der Waals surface area contributed by atoms with Crippen molar-refractivity contribution in [1.82, 2.24) is 4.98 Å². The van der Waals surface area contributed by atoms with Gasteiger partial charge in [-0.15, -0.1) is 0 Å². The summed E-state index contributed by atoms with van der Waals surface area (Å²) >= 11 is 0. The van der Waals surface area contributed by atoms with Crippen molar-refractivity contribution in [3.8, 4) is 0 Å². The number of amides is 1. The molecule has 1 heterocycles. The van der Waals surface area contributed by atoms with E-state index in [4.69, 9.17) is 4.74 Å². The summed E-state index contributed by atoms with van der Waals surface area (Å²) in [5, 5.41) is 2.73. The van der Waals surface area contributed by atoms with Gasteiger partial charge in [-0.25, -0.2) is 4.79 Å². The highest BCUT2D eigenvalue weighted by molar-refractivity contribution is 6.15. The van der Waals surface area contributed by atoms with Crippen molar-refractivity contribution in [1.29, 1.82) is 0 Å². The van der Waals surface area contributed by atoms with E-state index < -0.39 is 11.9 Å². The second-order valence-electron chi connectivity index (χ2n) is 5.84. The fourth-order valence-corrected chi connectivity index (χ4v) is 2.60. The lowest BCUT2D eigenvalue weighted by Crippen LogP contribution is -2.16. The van der Waals surface area contributed by atoms with Gasteiger partial charge in [0.1, 0.15) is 5.69 Å². The number of benzene rings is 2. The fourth-order valence-electron chi connectivity index (χ4n) is 2.60. The van der Waals surface area contributed by atoms with Crippen molar-refractivity contribution in [3.05, 3.63) is 95.3 Å². The first-order valence-corrected chi connectivity index (χ1v) is 8.73. The number of ether oxygens (including phenoxy) is 1. The number of rotatable bonds is 6. The van der Waals surface area contributed by atoms with E-state index in [1.165, 1.54) is 6.20 Å². The summed E-state index contributed by atoms with van der Waals surface area (Å²) in [6.45, 7) is 2.01. The molecule has 0 bridgehead atoms. The third-order valence-electron chi connectivity index (χ3n) is 3.98. The molecule has 0 atom stereocenters. The van der Waals surface area contributed by atoms with Gasteiger partial charge < -0.3 is 10.1 Å². The number of ketones is 1. The highest BCUT2D eigenvalue weighted by atomic mass is 16.5. The molecule has 0 aliphatic carbocycles. The van der Waals surface area contributed by atoms with Gasteiger partial charge in [0.15, 0.2) is 5.78 Å². The first-order chi connectivity index (χ1) is 13.6. The number of para-hydroxylation sites is 1. The predicted octanol–water partition coefficient (Wildman–Crippen LogP) is 3.74. The van der Waals surface area contributed by atoms with Crippen molar-refractivity contribution in [2.75, 3.05) is 11.9 Å². The molecule has 0 radical (unpaired) electrons. The second-order valence-corrected chi connectivity index (χ2v) is 5.84. The molecule has 1 amide bonds. The highest BCUT2D eigenvalue weighted by Gasteiger charge is 2.17. The maximum Gasteiger partial charge on any atom is 0.338 e. The number of nitrogens with one attached hydrogen (secondary N) is 1. The zero-order valence-electron chi connectivity index (χ0n) is 15.2. The second kappa shape index (κ2) is 8.73. The van der Waals surface area contributed by atoms with Gasteiger partial charge in [0, 0.05) is 17.3 Å². The van der Waals surface area contributed by atoms with E-state index in [1.54, 1.807) is 73.7 Å². The SMILES string of the molecule is CCOC(=O)c1ccc(C(=O)c2ccccc2NC(=O)c2ccccn2)cc1. The number of hydrogen-bond donors (Lipinski definition) is 1. The topological polar surface area (TPSA) is 85.4 Å². The lowest BCUT2D eigenvalue weighted by Gasteiger charge is -2.10. The number of anilines is 1. The molecular formula is C22H18N2O4. The minimum atomic E-state index is -0.440. The Balaban J connectivity index is 1.83. The summed E-state index contributed by atoms with van der Waals surface area (Å²) in [5.41, 5.74) is 1.75. The normalized spacial score (nSPS) is 10.2. The number of pyridine rings is 1. The van der Waals surface area contributed by atoms with Crippen LogP contribution < -0.4 is 5.32 Å². The number of carbonyl (C=O) groups is 3. The molecule has 1 N–H and O–H groups in total. The van der Waals surface area contributed by atoms with Gasteiger partial charge in [0.2, 0.25) is 0 Å². The van der Waals surface area contributed by atoms with Gasteiger partial charge in [0.05, 0.1) is 17.9 Å². The molecule has 6 nitrogen and oxygen atoms in total. The first-order valence-electron chi connectivity index (χ1n) is 8.73. The number of hydrogen-bond acceptors (Lipinski definition) is 5. The largest absolute Gasteiger partial charge is 0.462 e. The van der Waals surface area contributed by atoms with Crippen LogP contribution in [-0.4, -0.2) is 29.3 Å². The van der Waals surface area contributed by atoms with Crippen LogP contribution in [0.5, 0.6) is 0 Å². The van der Waals surface area contributed by atoms with Gasteiger partial charge in [-0.2, -0.15) is 0 Å². The van der Waals surface area contributed by atoms with Gasteiger partial charge in [-0.05, 0) is 43.3 Å². The fraction of sp³-hybridized carbons (Fsp3) is 0.0909. The van der Waals surface area contributed by atoms with Gasteiger partial charge in [0.25, 0.3) is 5.91 Å². The summed E-state index contributed by atoms with van der Waals surface area (Å²) in [6, 6.07) is 18.0. The summed E-state index contributed by atoms with van der Waals surface area (Å²) < 4.78 is 4.94. The first kappa shape index (κ1) is 19.0. The lowest BCUT2D eigenvalue weighted by atomic mass is 10.0. The summed E-state index contributed by atoms with van der Waals surface area (Å²) in [5.74, 6) is -1.12. The Morgan fingerprint density at radius 1 is 0.893 bits per heavy atom. The van der Waals surface area contributed by atoms with Crippen molar-refractivity contribution >= 4 is 23.3 Å². The lowest BCUT2D eigenvalue weighted by molar-refractivity contribution is 0.0526. The molecule has 0 aliphatic rings. The zero-order chi connectivity index (χ0) is 19.9. The van der Waals surface area contributed by atoms with Crippen LogP contribution >= 0.6 is 0 Å². The minimum Gasteiger partial charge on any atom is -0.462 e. The number of nitrogens with zero attached hydrogens (tertiary/aromatic N) is 1. The zero-order valence-corrected chi connectivity index (χ0v) is 15.2. The smallest absolute Gasteiger partial charge is 0.338 e. The Bertz CT molecular complexity index is 999. The van der Waals surface area contributed by atoms with Crippen LogP contribution in [-0.2, 0) is 4.74 Å². The molecule has 3 aromatic rings. The van der Waals surface area contributed by atoms with E-state index in [0.29, 0.717) is 22.4 Å². The summed E-state index contributed by atoms with van der Waals surface area (Å²) in [6.07, 6.45) is 1.52. The molecule has 0 unspecified atom stereocenters. The minimum absolute atomic E-state index is 0.253. The average molecular weight is 374 g/mol. The third kappa shape index (κ3) is 4.29. The quantitative estimate of drug-likeness (QED) is 0.525. The van der Waals surface area contributed by atoms with E-state index in [1.807, 2.05) is 0 Å². The Labute approximate surface area is 162 Å².